The first-order valence-electron chi connectivity index (χ1n) is 8.01. The number of nitro benzene ring substituents is 1. The molecule has 2 aromatic carbocycles. The Bertz CT molecular complexity index is 849. The molecule has 0 spiro atoms. The number of hydrogen-bond acceptors (Lipinski definition) is 4. The summed E-state index contributed by atoms with van der Waals surface area (Å²) in [6.07, 6.45) is 0. The van der Waals surface area contributed by atoms with E-state index in [0.29, 0.717) is 11.4 Å². The molecule has 0 unspecified atom stereocenters. The first-order chi connectivity index (χ1) is 12.3. The summed E-state index contributed by atoms with van der Waals surface area (Å²) in [4.78, 5) is 35.0. The van der Waals surface area contributed by atoms with E-state index in [1.165, 1.54) is 25.1 Å². The van der Waals surface area contributed by atoms with Crippen molar-refractivity contribution in [3.05, 3.63) is 63.7 Å². The van der Waals surface area contributed by atoms with Gasteiger partial charge in [0.1, 0.15) is 0 Å². The first-order valence-corrected chi connectivity index (χ1v) is 8.01. The molecule has 3 N–H and O–H groups in total. The molecule has 136 valence electrons. The van der Waals surface area contributed by atoms with Crippen LogP contribution in [-0.2, 0) is 0 Å². The summed E-state index contributed by atoms with van der Waals surface area (Å²) in [5.41, 5.74) is 1.16. The van der Waals surface area contributed by atoms with Crippen molar-refractivity contribution in [3.8, 4) is 0 Å². The van der Waals surface area contributed by atoms with Gasteiger partial charge in [0.25, 0.3) is 11.6 Å². The molecule has 0 bridgehead atoms. The molecule has 0 fully saturated rings. The molecule has 0 saturated heterocycles. The fraction of sp³-hybridized carbons (Fsp3) is 0.222. The third kappa shape index (κ3) is 4.56. The van der Waals surface area contributed by atoms with Crippen LogP contribution in [0.3, 0.4) is 0 Å². The topological polar surface area (TPSA) is 113 Å². The van der Waals surface area contributed by atoms with E-state index in [1.807, 2.05) is 13.8 Å². The zero-order chi connectivity index (χ0) is 19.3. The Hall–Kier alpha value is -3.42. The van der Waals surface area contributed by atoms with Crippen LogP contribution in [0.15, 0.2) is 42.5 Å². The Labute approximate surface area is 150 Å². The van der Waals surface area contributed by atoms with Crippen molar-refractivity contribution < 1.29 is 14.5 Å². The highest BCUT2D eigenvalue weighted by Gasteiger charge is 2.19. The van der Waals surface area contributed by atoms with Crippen LogP contribution < -0.4 is 16.0 Å². The number of para-hydroxylation sites is 2. The number of nitrogens with one attached hydrogen (secondary N) is 3. The lowest BCUT2D eigenvalue weighted by atomic mass is 10.1. The lowest BCUT2D eigenvalue weighted by Crippen LogP contribution is -2.34. The number of nitro groups is 1. The van der Waals surface area contributed by atoms with Crippen LogP contribution in [0.5, 0.6) is 0 Å². The summed E-state index contributed by atoms with van der Waals surface area (Å²) in [7, 11) is 0. The maximum atomic E-state index is 12.6. The summed E-state index contributed by atoms with van der Waals surface area (Å²) in [5.74, 6) is -0.496. The molecule has 0 aromatic heterocycles. The predicted molar refractivity (Wildman–Crippen MR) is 99.5 cm³/mol. The molecule has 0 aliphatic rings. The Morgan fingerprint density at radius 2 is 1.62 bits per heavy atom. The Kier molecular flexibility index (Phi) is 5.90. The Balaban J connectivity index is 2.24. The van der Waals surface area contributed by atoms with Gasteiger partial charge in [0, 0.05) is 23.2 Å². The van der Waals surface area contributed by atoms with Crippen molar-refractivity contribution in [1.29, 1.82) is 0 Å². The zero-order valence-corrected chi connectivity index (χ0v) is 14.7. The van der Waals surface area contributed by atoms with E-state index < -0.39 is 16.9 Å². The van der Waals surface area contributed by atoms with Crippen molar-refractivity contribution >= 4 is 29.0 Å². The third-order valence-electron chi connectivity index (χ3n) is 3.59. The number of urea groups is 1. The molecule has 8 nitrogen and oxygen atoms in total. The van der Waals surface area contributed by atoms with Crippen LogP contribution >= 0.6 is 0 Å². The summed E-state index contributed by atoms with van der Waals surface area (Å²) in [6.45, 7) is 5.18. The van der Waals surface area contributed by atoms with Crippen molar-refractivity contribution in [3.63, 3.8) is 0 Å². The van der Waals surface area contributed by atoms with E-state index in [2.05, 4.69) is 16.0 Å². The molecular formula is C18H20N4O4. The van der Waals surface area contributed by atoms with Crippen molar-refractivity contribution in [1.82, 2.24) is 5.32 Å². The largest absolute Gasteiger partial charge is 0.336 e. The SMILES string of the molecule is Cc1c(C(=O)Nc2ccccc2NC(=O)NC(C)C)cccc1[N+](=O)[O-]. The number of rotatable bonds is 5. The number of benzene rings is 2. The van der Waals surface area contributed by atoms with Gasteiger partial charge in [-0.15, -0.1) is 0 Å². The summed E-state index contributed by atoms with van der Waals surface area (Å²) in [5, 5.41) is 19.1. The van der Waals surface area contributed by atoms with Crippen LogP contribution in [0.2, 0.25) is 0 Å². The Morgan fingerprint density at radius 3 is 2.19 bits per heavy atom. The minimum absolute atomic E-state index is 0.0377. The van der Waals surface area contributed by atoms with Crippen LogP contribution in [0, 0.1) is 17.0 Å². The maximum absolute atomic E-state index is 12.6. The second-order valence-corrected chi connectivity index (χ2v) is 5.96. The second-order valence-electron chi connectivity index (χ2n) is 5.96. The second kappa shape index (κ2) is 8.11. The molecule has 3 amide bonds. The van der Waals surface area contributed by atoms with Crippen LogP contribution in [-0.4, -0.2) is 22.9 Å². The highest BCUT2D eigenvalue weighted by atomic mass is 16.6. The lowest BCUT2D eigenvalue weighted by Gasteiger charge is -2.14. The average Bonchev–Trinajstić information content (AvgIpc) is 2.55. The number of carbonyl (C=O) groups is 2. The zero-order valence-electron chi connectivity index (χ0n) is 14.7. The van der Waals surface area contributed by atoms with E-state index in [4.69, 9.17) is 0 Å². The van der Waals surface area contributed by atoms with E-state index in [9.17, 15) is 19.7 Å². The molecule has 2 aromatic rings. The average molecular weight is 356 g/mol. The van der Waals surface area contributed by atoms with Gasteiger partial charge in [-0.1, -0.05) is 18.2 Å². The Morgan fingerprint density at radius 1 is 1.00 bits per heavy atom. The molecule has 0 aliphatic heterocycles. The van der Waals surface area contributed by atoms with Crippen LogP contribution in [0.25, 0.3) is 0 Å². The fourth-order valence-corrected chi connectivity index (χ4v) is 2.38. The summed E-state index contributed by atoms with van der Waals surface area (Å²) in [6, 6.07) is 10.6. The smallest absolute Gasteiger partial charge is 0.319 e. The van der Waals surface area contributed by atoms with Crippen LogP contribution in [0.1, 0.15) is 29.8 Å². The van der Waals surface area contributed by atoms with Gasteiger partial charge in [0.05, 0.1) is 16.3 Å². The van der Waals surface area contributed by atoms with Gasteiger partial charge in [-0.3, -0.25) is 14.9 Å². The molecule has 2 rings (SSSR count). The normalized spacial score (nSPS) is 10.3. The van der Waals surface area contributed by atoms with Gasteiger partial charge in [-0.05, 0) is 39.0 Å². The fourth-order valence-electron chi connectivity index (χ4n) is 2.38. The highest BCUT2D eigenvalue weighted by molar-refractivity contribution is 6.08. The molecule has 8 heteroatoms. The van der Waals surface area contributed by atoms with Gasteiger partial charge in [-0.2, -0.15) is 0 Å². The maximum Gasteiger partial charge on any atom is 0.319 e. The van der Waals surface area contributed by atoms with Crippen LogP contribution in [0.4, 0.5) is 21.9 Å². The van der Waals surface area contributed by atoms with Gasteiger partial charge >= 0.3 is 6.03 Å². The predicted octanol–water partition coefficient (Wildman–Crippen LogP) is 3.69. The van der Waals surface area contributed by atoms with Gasteiger partial charge in [-0.25, -0.2) is 4.79 Å². The number of amides is 3. The monoisotopic (exact) mass is 356 g/mol. The highest BCUT2D eigenvalue weighted by Crippen LogP contribution is 2.25. The summed E-state index contributed by atoms with van der Waals surface area (Å²) >= 11 is 0. The van der Waals surface area contributed by atoms with Crippen molar-refractivity contribution in [2.45, 2.75) is 26.8 Å². The number of carbonyl (C=O) groups excluding carboxylic acids is 2. The lowest BCUT2D eigenvalue weighted by molar-refractivity contribution is -0.385. The molecule has 0 heterocycles. The van der Waals surface area contributed by atoms with Gasteiger partial charge < -0.3 is 16.0 Å². The molecular weight excluding hydrogens is 336 g/mol. The summed E-state index contributed by atoms with van der Waals surface area (Å²) < 4.78 is 0. The minimum atomic E-state index is -0.530. The van der Waals surface area contributed by atoms with E-state index in [-0.39, 0.29) is 22.9 Å². The molecule has 0 radical (unpaired) electrons. The minimum Gasteiger partial charge on any atom is -0.336 e. The molecule has 26 heavy (non-hydrogen) atoms. The van der Waals surface area contributed by atoms with Gasteiger partial charge in [0.15, 0.2) is 0 Å². The van der Waals surface area contributed by atoms with E-state index in [0.717, 1.165) is 0 Å². The number of nitrogens with zero attached hydrogens (tertiary/aromatic N) is 1. The van der Waals surface area contributed by atoms with Crippen molar-refractivity contribution in [2.24, 2.45) is 0 Å². The first kappa shape index (κ1) is 18.9. The number of hydrogen-bond donors (Lipinski definition) is 3. The van der Waals surface area contributed by atoms with Gasteiger partial charge in [0.2, 0.25) is 0 Å². The van der Waals surface area contributed by atoms with Crippen molar-refractivity contribution in [2.75, 3.05) is 10.6 Å². The van der Waals surface area contributed by atoms with E-state index in [1.54, 1.807) is 24.3 Å². The van der Waals surface area contributed by atoms with E-state index >= 15 is 0 Å². The third-order valence-corrected chi connectivity index (χ3v) is 3.59. The number of anilines is 2. The molecule has 0 aliphatic carbocycles. The quantitative estimate of drug-likeness (QED) is 0.560. The molecule has 0 atom stereocenters. The molecule has 0 saturated carbocycles. The standard InChI is InChI=1S/C18H20N4O4/c1-11(2)19-18(24)21-15-9-5-4-8-14(15)20-17(23)13-7-6-10-16(12(13)3)22(25)26/h4-11H,1-3H3,(H,20,23)(H2,19,21,24).